The standard InChI is InChI=1S/C16H16ClN5O/c17-14-4-2-1-3-13(14)16-21-12(9-23-16)7-18-11-5-6-15-19-10-20-22(15)8-11/h1-4,9-11,18H,5-8H2. The van der Waals surface area contributed by atoms with Crippen molar-refractivity contribution in [1.29, 1.82) is 0 Å². The molecule has 0 aliphatic carbocycles. The highest BCUT2D eigenvalue weighted by Crippen LogP contribution is 2.26. The van der Waals surface area contributed by atoms with Crippen LogP contribution in [0.4, 0.5) is 0 Å². The van der Waals surface area contributed by atoms with Crippen molar-refractivity contribution in [2.24, 2.45) is 0 Å². The average Bonchev–Trinajstić information content (AvgIpc) is 3.22. The van der Waals surface area contributed by atoms with Gasteiger partial charge in [0.25, 0.3) is 0 Å². The van der Waals surface area contributed by atoms with E-state index in [4.69, 9.17) is 16.0 Å². The predicted molar refractivity (Wildman–Crippen MR) is 85.9 cm³/mol. The molecule has 0 bridgehead atoms. The Bertz CT molecular complexity index is 812. The number of aryl methyl sites for hydroxylation is 1. The zero-order valence-electron chi connectivity index (χ0n) is 12.4. The molecule has 118 valence electrons. The van der Waals surface area contributed by atoms with Crippen molar-refractivity contribution in [2.45, 2.75) is 32.0 Å². The number of fused-ring (bicyclic) bond motifs is 1. The van der Waals surface area contributed by atoms with Gasteiger partial charge in [0, 0.05) is 19.0 Å². The van der Waals surface area contributed by atoms with Gasteiger partial charge < -0.3 is 9.73 Å². The molecule has 1 N–H and O–H groups in total. The molecule has 7 heteroatoms. The maximum Gasteiger partial charge on any atom is 0.227 e. The number of nitrogens with zero attached hydrogens (tertiary/aromatic N) is 4. The summed E-state index contributed by atoms with van der Waals surface area (Å²) in [5.41, 5.74) is 1.68. The normalized spacial score (nSPS) is 17.2. The first-order chi connectivity index (χ1) is 11.3. The van der Waals surface area contributed by atoms with Gasteiger partial charge in [-0.15, -0.1) is 0 Å². The van der Waals surface area contributed by atoms with Gasteiger partial charge in [0.15, 0.2) is 0 Å². The van der Waals surface area contributed by atoms with Crippen LogP contribution >= 0.6 is 11.6 Å². The summed E-state index contributed by atoms with van der Waals surface area (Å²) in [4.78, 5) is 8.75. The second-order valence-corrected chi connectivity index (χ2v) is 6.01. The minimum absolute atomic E-state index is 0.365. The van der Waals surface area contributed by atoms with Crippen LogP contribution in [0.5, 0.6) is 0 Å². The number of nitrogens with one attached hydrogen (secondary N) is 1. The van der Waals surface area contributed by atoms with Gasteiger partial charge in [0.1, 0.15) is 18.4 Å². The molecule has 0 saturated carbocycles. The summed E-state index contributed by atoms with van der Waals surface area (Å²) < 4.78 is 7.51. The van der Waals surface area contributed by atoms with E-state index < -0.39 is 0 Å². The summed E-state index contributed by atoms with van der Waals surface area (Å²) in [6.07, 6.45) is 5.29. The average molecular weight is 330 g/mol. The molecule has 3 heterocycles. The van der Waals surface area contributed by atoms with E-state index in [1.54, 1.807) is 12.6 Å². The quantitative estimate of drug-likeness (QED) is 0.797. The van der Waals surface area contributed by atoms with Crippen LogP contribution < -0.4 is 5.32 Å². The second kappa shape index (κ2) is 6.14. The van der Waals surface area contributed by atoms with Gasteiger partial charge in [0.05, 0.1) is 22.8 Å². The number of rotatable bonds is 4. The maximum atomic E-state index is 6.17. The minimum Gasteiger partial charge on any atom is -0.444 e. The Balaban J connectivity index is 1.40. The van der Waals surface area contributed by atoms with Crippen molar-refractivity contribution in [1.82, 2.24) is 25.1 Å². The van der Waals surface area contributed by atoms with Crippen LogP contribution in [0, 0.1) is 0 Å². The van der Waals surface area contributed by atoms with Crippen molar-refractivity contribution in [3.8, 4) is 11.5 Å². The van der Waals surface area contributed by atoms with E-state index in [-0.39, 0.29) is 0 Å². The molecule has 1 aliphatic rings. The smallest absolute Gasteiger partial charge is 0.227 e. The third kappa shape index (κ3) is 3.00. The van der Waals surface area contributed by atoms with Crippen LogP contribution in [0.2, 0.25) is 5.02 Å². The SMILES string of the molecule is Clc1ccccc1-c1nc(CNC2CCc3ncnn3C2)co1. The van der Waals surface area contributed by atoms with Crippen LogP contribution in [-0.4, -0.2) is 25.8 Å². The lowest BCUT2D eigenvalue weighted by Crippen LogP contribution is -2.37. The molecule has 0 spiro atoms. The fourth-order valence-corrected chi connectivity index (χ4v) is 3.02. The summed E-state index contributed by atoms with van der Waals surface area (Å²) in [6, 6.07) is 7.90. The molecule has 2 aromatic heterocycles. The molecule has 1 aliphatic heterocycles. The van der Waals surface area contributed by atoms with Gasteiger partial charge in [-0.3, -0.25) is 0 Å². The highest BCUT2D eigenvalue weighted by molar-refractivity contribution is 6.33. The molecule has 23 heavy (non-hydrogen) atoms. The molecular weight excluding hydrogens is 314 g/mol. The molecule has 1 atom stereocenters. The highest BCUT2D eigenvalue weighted by Gasteiger charge is 2.19. The van der Waals surface area contributed by atoms with Gasteiger partial charge in [-0.1, -0.05) is 23.7 Å². The highest BCUT2D eigenvalue weighted by atomic mass is 35.5. The number of aromatic nitrogens is 4. The predicted octanol–water partition coefficient (Wildman–Crippen LogP) is 2.69. The number of hydrogen-bond acceptors (Lipinski definition) is 5. The third-order valence-electron chi connectivity index (χ3n) is 4.03. The van der Waals surface area contributed by atoms with Crippen LogP contribution in [0.15, 0.2) is 41.3 Å². The Morgan fingerprint density at radius 2 is 2.26 bits per heavy atom. The Kier molecular flexibility index (Phi) is 3.85. The Morgan fingerprint density at radius 3 is 3.17 bits per heavy atom. The summed E-state index contributed by atoms with van der Waals surface area (Å²) in [6.45, 7) is 1.49. The van der Waals surface area contributed by atoms with Crippen molar-refractivity contribution < 1.29 is 4.42 Å². The molecule has 3 aromatic rings. The molecule has 4 rings (SSSR count). The first-order valence-corrected chi connectivity index (χ1v) is 7.97. The largest absolute Gasteiger partial charge is 0.444 e. The topological polar surface area (TPSA) is 68.8 Å². The van der Waals surface area contributed by atoms with Crippen molar-refractivity contribution in [3.63, 3.8) is 0 Å². The Hall–Kier alpha value is -2.18. The van der Waals surface area contributed by atoms with E-state index in [0.29, 0.717) is 23.5 Å². The van der Waals surface area contributed by atoms with Crippen LogP contribution in [0.1, 0.15) is 17.9 Å². The summed E-state index contributed by atoms with van der Waals surface area (Å²) in [5, 5.41) is 8.37. The molecule has 1 unspecified atom stereocenters. The van der Waals surface area contributed by atoms with E-state index in [2.05, 4.69) is 20.4 Å². The monoisotopic (exact) mass is 329 g/mol. The summed E-state index contributed by atoms with van der Waals surface area (Å²) in [7, 11) is 0. The van der Waals surface area contributed by atoms with Crippen LogP contribution in [-0.2, 0) is 19.5 Å². The van der Waals surface area contributed by atoms with E-state index in [1.807, 2.05) is 28.9 Å². The number of halogens is 1. The molecule has 0 amide bonds. The van der Waals surface area contributed by atoms with Crippen molar-refractivity contribution in [3.05, 3.63) is 53.4 Å². The van der Waals surface area contributed by atoms with Gasteiger partial charge in [-0.2, -0.15) is 5.10 Å². The van der Waals surface area contributed by atoms with E-state index in [9.17, 15) is 0 Å². The summed E-state index contributed by atoms with van der Waals surface area (Å²) in [5.74, 6) is 1.61. The van der Waals surface area contributed by atoms with Gasteiger partial charge >= 0.3 is 0 Å². The fraction of sp³-hybridized carbons (Fsp3) is 0.312. The van der Waals surface area contributed by atoms with E-state index in [0.717, 1.165) is 36.5 Å². The fourth-order valence-electron chi connectivity index (χ4n) is 2.80. The molecular formula is C16H16ClN5O. The lowest BCUT2D eigenvalue weighted by atomic mass is 10.1. The van der Waals surface area contributed by atoms with E-state index >= 15 is 0 Å². The summed E-state index contributed by atoms with van der Waals surface area (Å²) >= 11 is 6.17. The lowest BCUT2D eigenvalue weighted by molar-refractivity contribution is 0.356. The van der Waals surface area contributed by atoms with Gasteiger partial charge in [-0.05, 0) is 18.6 Å². The maximum absolute atomic E-state index is 6.17. The van der Waals surface area contributed by atoms with Crippen LogP contribution in [0.25, 0.3) is 11.5 Å². The molecule has 6 nitrogen and oxygen atoms in total. The zero-order valence-corrected chi connectivity index (χ0v) is 13.2. The van der Waals surface area contributed by atoms with Crippen molar-refractivity contribution in [2.75, 3.05) is 0 Å². The lowest BCUT2D eigenvalue weighted by Gasteiger charge is -2.23. The van der Waals surface area contributed by atoms with Gasteiger partial charge in [-0.25, -0.2) is 14.6 Å². The van der Waals surface area contributed by atoms with Crippen molar-refractivity contribution >= 4 is 11.6 Å². The Morgan fingerprint density at radius 1 is 1.35 bits per heavy atom. The number of benzene rings is 1. The van der Waals surface area contributed by atoms with Crippen LogP contribution in [0.3, 0.4) is 0 Å². The molecule has 0 saturated heterocycles. The molecule has 0 fully saturated rings. The molecule has 1 aromatic carbocycles. The number of oxazole rings is 1. The zero-order chi connectivity index (χ0) is 15.6. The second-order valence-electron chi connectivity index (χ2n) is 5.60. The third-order valence-corrected chi connectivity index (χ3v) is 4.36. The van der Waals surface area contributed by atoms with E-state index in [1.165, 1.54) is 0 Å². The minimum atomic E-state index is 0.365. The first-order valence-electron chi connectivity index (χ1n) is 7.59. The molecule has 0 radical (unpaired) electrons. The van der Waals surface area contributed by atoms with Gasteiger partial charge in [0.2, 0.25) is 5.89 Å². The number of hydrogen-bond donors (Lipinski definition) is 1. The first kappa shape index (κ1) is 14.4. The Labute approximate surface area is 138 Å².